The second-order valence-electron chi connectivity index (χ2n) is 6.56. The molecule has 0 spiro atoms. The lowest BCUT2D eigenvalue weighted by Gasteiger charge is -2.35. The van der Waals surface area contributed by atoms with E-state index in [-0.39, 0.29) is 0 Å². The zero-order valence-corrected chi connectivity index (χ0v) is 14.4. The van der Waals surface area contributed by atoms with E-state index in [0.29, 0.717) is 5.41 Å². The van der Waals surface area contributed by atoms with Gasteiger partial charge in [-0.25, -0.2) is 0 Å². The monoisotopic (exact) mass is 307 g/mol. The third kappa shape index (κ3) is 4.65. The Balaban J connectivity index is 2.00. The predicted octanol–water partition coefficient (Wildman–Crippen LogP) is 4.40. The summed E-state index contributed by atoms with van der Waals surface area (Å²) in [5.41, 5.74) is 1.67. The Morgan fingerprint density at radius 1 is 1.14 bits per heavy atom. The highest BCUT2D eigenvalue weighted by molar-refractivity contribution is 7.80. The highest BCUT2D eigenvalue weighted by Gasteiger charge is 2.30. The van der Waals surface area contributed by atoms with Crippen molar-refractivity contribution in [2.24, 2.45) is 5.41 Å². The minimum absolute atomic E-state index is 0.399. The minimum atomic E-state index is 0.399. The molecule has 3 heteroatoms. The fourth-order valence-electron chi connectivity index (χ4n) is 3.60. The zero-order valence-electron chi connectivity index (χ0n) is 13.5. The van der Waals surface area contributed by atoms with Crippen molar-refractivity contribution >= 4 is 12.6 Å². The Kier molecular flexibility index (Phi) is 6.43. The Bertz CT molecular complexity index is 427. The molecular formula is C18H29NOS. The molecule has 0 radical (unpaired) electrons. The average Bonchev–Trinajstić information content (AvgIpc) is 2.74. The quantitative estimate of drug-likeness (QED) is 0.618. The lowest BCUT2D eigenvalue weighted by atomic mass is 9.81. The van der Waals surface area contributed by atoms with Gasteiger partial charge in [-0.1, -0.05) is 43.9 Å². The predicted molar refractivity (Wildman–Crippen MR) is 93.3 cm³/mol. The third-order valence-electron chi connectivity index (χ3n) is 4.74. The SMILES string of the molecule is COc1ccccc1CN(C)CC1(CS)CCCCCC1. The molecule has 0 aromatic heterocycles. The standard InChI is InChI=1S/C18H29NOS/c1-19(13-16-9-5-6-10-17(16)20-2)14-18(15-21)11-7-3-4-8-12-18/h5-6,9-10,21H,3-4,7-8,11-15H2,1-2H3. The van der Waals surface area contributed by atoms with Gasteiger partial charge in [0, 0.05) is 18.7 Å². The summed E-state index contributed by atoms with van der Waals surface area (Å²) in [5.74, 6) is 1.99. The van der Waals surface area contributed by atoms with E-state index in [1.165, 1.54) is 44.1 Å². The fourth-order valence-corrected chi connectivity index (χ4v) is 4.01. The average molecular weight is 308 g/mol. The first-order chi connectivity index (χ1) is 10.2. The molecular weight excluding hydrogens is 278 g/mol. The van der Waals surface area contributed by atoms with Crippen molar-refractivity contribution < 1.29 is 4.74 Å². The number of benzene rings is 1. The van der Waals surface area contributed by atoms with E-state index in [9.17, 15) is 0 Å². The maximum Gasteiger partial charge on any atom is 0.123 e. The number of hydrogen-bond acceptors (Lipinski definition) is 3. The second kappa shape index (κ2) is 8.09. The number of methoxy groups -OCH3 is 1. The van der Waals surface area contributed by atoms with E-state index < -0.39 is 0 Å². The Morgan fingerprint density at radius 3 is 2.43 bits per heavy atom. The van der Waals surface area contributed by atoms with Crippen molar-refractivity contribution in [3.05, 3.63) is 29.8 Å². The van der Waals surface area contributed by atoms with Crippen LogP contribution in [0.2, 0.25) is 0 Å². The van der Waals surface area contributed by atoms with Crippen LogP contribution in [0.5, 0.6) is 5.75 Å². The van der Waals surface area contributed by atoms with E-state index >= 15 is 0 Å². The number of hydrogen-bond donors (Lipinski definition) is 1. The lowest BCUT2D eigenvalue weighted by molar-refractivity contribution is 0.169. The maximum absolute atomic E-state index is 5.47. The summed E-state index contributed by atoms with van der Waals surface area (Å²) >= 11 is 4.69. The first kappa shape index (κ1) is 16.7. The van der Waals surface area contributed by atoms with Crippen LogP contribution in [0, 0.1) is 5.41 Å². The molecule has 118 valence electrons. The molecule has 0 heterocycles. The van der Waals surface area contributed by atoms with Crippen LogP contribution in [0.1, 0.15) is 44.1 Å². The Hall–Kier alpha value is -0.670. The van der Waals surface area contributed by atoms with Crippen molar-refractivity contribution in [1.29, 1.82) is 0 Å². The van der Waals surface area contributed by atoms with Crippen LogP contribution >= 0.6 is 12.6 Å². The highest BCUT2D eigenvalue weighted by atomic mass is 32.1. The Morgan fingerprint density at radius 2 is 1.81 bits per heavy atom. The molecule has 0 aliphatic heterocycles. The van der Waals surface area contributed by atoms with Crippen LogP contribution in [0.15, 0.2) is 24.3 Å². The van der Waals surface area contributed by atoms with Crippen LogP contribution in [-0.4, -0.2) is 31.4 Å². The smallest absolute Gasteiger partial charge is 0.123 e. The van der Waals surface area contributed by atoms with Crippen molar-refractivity contribution in [2.45, 2.75) is 45.1 Å². The number of para-hydroxylation sites is 1. The summed E-state index contributed by atoms with van der Waals surface area (Å²) in [7, 11) is 3.97. The van der Waals surface area contributed by atoms with E-state index in [0.717, 1.165) is 24.6 Å². The van der Waals surface area contributed by atoms with Gasteiger partial charge in [-0.15, -0.1) is 0 Å². The van der Waals surface area contributed by atoms with Crippen LogP contribution in [-0.2, 0) is 6.54 Å². The summed E-state index contributed by atoms with van der Waals surface area (Å²) in [6.45, 7) is 2.08. The first-order valence-corrected chi connectivity index (χ1v) is 8.74. The van der Waals surface area contributed by atoms with Crippen LogP contribution in [0.25, 0.3) is 0 Å². The number of ether oxygens (including phenoxy) is 1. The summed E-state index contributed by atoms with van der Waals surface area (Å²) in [6, 6.07) is 8.33. The molecule has 1 aliphatic carbocycles. The van der Waals surface area contributed by atoms with E-state index in [1.54, 1.807) is 7.11 Å². The number of rotatable bonds is 6. The molecule has 1 aromatic carbocycles. The largest absolute Gasteiger partial charge is 0.496 e. The van der Waals surface area contributed by atoms with Gasteiger partial charge in [0.05, 0.1) is 7.11 Å². The molecule has 0 N–H and O–H groups in total. The van der Waals surface area contributed by atoms with Crippen molar-refractivity contribution in [2.75, 3.05) is 26.5 Å². The molecule has 0 amide bonds. The molecule has 1 aliphatic rings. The van der Waals surface area contributed by atoms with Crippen molar-refractivity contribution in [3.8, 4) is 5.75 Å². The summed E-state index contributed by atoms with van der Waals surface area (Å²) in [4.78, 5) is 2.44. The molecule has 2 nitrogen and oxygen atoms in total. The molecule has 0 atom stereocenters. The fraction of sp³-hybridized carbons (Fsp3) is 0.667. The van der Waals surface area contributed by atoms with E-state index in [1.807, 2.05) is 12.1 Å². The molecule has 0 unspecified atom stereocenters. The summed E-state index contributed by atoms with van der Waals surface area (Å²) in [6.07, 6.45) is 8.17. The van der Waals surface area contributed by atoms with E-state index in [4.69, 9.17) is 4.74 Å². The van der Waals surface area contributed by atoms with Crippen LogP contribution in [0.4, 0.5) is 0 Å². The zero-order chi connectivity index (χ0) is 15.1. The van der Waals surface area contributed by atoms with E-state index in [2.05, 4.69) is 36.7 Å². The van der Waals surface area contributed by atoms with Crippen molar-refractivity contribution in [1.82, 2.24) is 4.90 Å². The van der Waals surface area contributed by atoms with Gasteiger partial charge in [-0.3, -0.25) is 0 Å². The van der Waals surface area contributed by atoms with Gasteiger partial charge in [-0.2, -0.15) is 12.6 Å². The van der Waals surface area contributed by atoms with Gasteiger partial charge in [0.2, 0.25) is 0 Å². The molecule has 1 aromatic rings. The van der Waals surface area contributed by atoms with Gasteiger partial charge in [0.15, 0.2) is 0 Å². The van der Waals surface area contributed by atoms with Crippen molar-refractivity contribution in [3.63, 3.8) is 0 Å². The molecule has 1 saturated carbocycles. The lowest BCUT2D eigenvalue weighted by Crippen LogP contribution is -2.36. The van der Waals surface area contributed by atoms with Gasteiger partial charge in [-0.05, 0) is 37.1 Å². The second-order valence-corrected chi connectivity index (χ2v) is 6.87. The highest BCUT2D eigenvalue weighted by Crippen LogP contribution is 2.37. The van der Waals surface area contributed by atoms with Gasteiger partial charge in [0.25, 0.3) is 0 Å². The third-order valence-corrected chi connectivity index (χ3v) is 5.41. The van der Waals surface area contributed by atoms with Gasteiger partial charge >= 0.3 is 0 Å². The minimum Gasteiger partial charge on any atom is -0.496 e. The summed E-state index contributed by atoms with van der Waals surface area (Å²) in [5, 5.41) is 0. The molecule has 0 saturated heterocycles. The normalized spacial score (nSPS) is 18.5. The number of thiol groups is 1. The summed E-state index contributed by atoms with van der Waals surface area (Å²) < 4.78 is 5.47. The maximum atomic E-state index is 5.47. The number of nitrogens with zero attached hydrogens (tertiary/aromatic N) is 1. The molecule has 2 rings (SSSR count). The first-order valence-electron chi connectivity index (χ1n) is 8.10. The van der Waals surface area contributed by atoms with Crippen LogP contribution in [0.3, 0.4) is 0 Å². The topological polar surface area (TPSA) is 12.5 Å². The van der Waals surface area contributed by atoms with Gasteiger partial charge in [0.1, 0.15) is 5.75 Å². The molecule has 1 fully saturated rings. The molecule has 21 heavy (non-hydrogen) atoms. The molecule has 0 bridgehead atoms. The van der Waals surface area contributed by atoms with Crippen LogP contribution < -0.4 is 4.74 Å². The Labute approximate surface area is 135 Å². The van der Waals surface area contributed by atoms with Gasteiger partial charge < -0.3 is 9.64 Å².